The summed E-state index contributed by atoms with van der Waals surface area (Å²) in [5.74, 6) is 0.996. The Bertz CT molecular complexity index is 494. The van der Waals surface area contributed by atoms with E-state index in [1.54, 1.807) is 0 Å². The highest BCUT2D eigenvalue weighted by Crippen LogP contribution is 2.23. The number of benzene rings is 1. The van der Waals surface area contributed by atoms with Gasteiger partial charge in [-0.05, 0) is 12.5 Å². The van der Waals surface area contributed by atoms with Crippen molar-refractivity contribution in [2.45, 2.75) is 13.0 Å². The maximum Gasteiger partial charge on any atom is 0.195 e. The van der Waals surface area contributed by atoms with Gasteiger partial charge < -0.3 is 14.5 Å². The van der Waals surface area contributed by atoms with Crippen LogP contribution in [0.15, 0.2) is 29.3 Å². The van der Waals surface area contributed by atoms with E-state index >= 15 is 0 Å². The normalized spacial score (nSPS) is 16.7. The molecule has 128 valence electrons. The lowest BCUT2D eigenvalue weighted by Crippen LogP contribution is -2.41. The molecule has 0 N–H and O–H groups in total. The number of hydrogen-bond acceptors (Lipinski definition) is 3. The Labute approximate surface area is 140 Å². The van der Waals surface area contributed by atoms with Gasteiger partial charge in [0.25, 0.3) is 0 Å². The third-order valence-electron chi connectivity index (χ3n) is 4.15. The lowest BCUT2D eigenvalue weighted by atomic mass is 10.0. The quantitative estimate of drug-likeness (QED) is 0.626. The van der Waals surface area contributed by atoms with Gasteiger partial charge in [0.1, 0.15) is 0 Å². The molecule has 2 rings (SSSR count). The van der Waals surface area contributed by atoms with Gasteiger partial charge in [-0.1, -0.05) is 29.8 Å². The molecule has 1 heterocycles. The molecule has 1 aromatic rings. The molecule has 1 atom stereocenters. The van der Waals surface area contributed by atoms with Gasteiger partial charge >= 0.3 is 0 Å². The largest absolute Gasteiger partial charge is 0.379 e. The first-order valence-corrected chi connectivity index (χ1v) is 8.26. The molecule has 0 amide bonds. The number of nitrogens with zero attached hydrogens (tertiary/aromatic N) is 4. The number of rotatable bonds is 4. The van der Waals surface area contributed by atoms with Crippen LogP contribution in [0.4, 0.5) is 0 Å². The maximum absolute atomic E-state index is 5.51. The monoisotopic (exact) mass is 318 g/mol. The molecule has 1 saturated heterocycles. The molecular weight excluding hydrogens is 288 g/mol. The molecule has 0 aliphatic carbocycles. The van der Waals surface area contributed by atoms with Crippen LogP contribution in [0.5, 0.6) is 0 Å². The van der Waals surface area contributed by atoms with Crippen molar-refractivity contribution in [2.24, 2.45) is 4.99 Å². The van der Waals surface area contributed by atoms with E-state index < -0.39 is 0 Å². The maximum atomic E-state index is 5.51. The molecule has 5 nitrogen and oxygen atoms in total. The molecule has 0 aromatic heterocycles. The lowest BCUT2D eigenvalue weighted by Gasteiger charge is -2.34. The van der Waals surface area contributed by atoms with Crippen LogP contribution < -0.4 is 0 Å². The fourth-order valence-electron chi connectivity index (χ4n) is 2.96. The van der Waals surface area contributed by atoms with E-state index in [1.165, 1.54) is 11.1 Å². The summed E-state index contributed by atoms with van der Waals surface area (Å²) in [4.78, 5) is 11.5. The molecule has 0 bridgehead atoms. The van der Waals surface area contributed by atoms with Crippen LogP contribution in [-0.4, -0.2) is 81.7 Å². The van der Waals surface area contributed by atoms with Crippen LogP contribution in [-0.2, 0) is 4.74 Å². The Morgan fingerprint density at radius 3 is 2.17 bits per heavy atom. The van der Waals surface area contributed by atoms with Crippen molar-refractivity contribution >= 4 is 5.96 Å². The van der Waals surface area contributed by atoms with Crippen molar-refractivity contribution in [3.63, 3.8) is 0 Å². The van der Waals surface area contributed by atoms with E-state index in [0.717, 1.165) is 38.8 Å². The highest BCUT2D eigenvalue weighted by atomic mass is 16.5. The fraction of sp³-hybridized carbons (Fsp3) is 0.611. The van der Waals surface area contributed by atoms with Crippen LogP contribution >= 0.6 is 0 Å². The smallest absolute Gasteiger partial charge is 0.195 e. The SMILES string of the molecule is Cc1ccc(C(CN=C(N(C)C)N(C)C)N2CCOCC2)cc1. The van der Waals surface area contributed by atoms with Crippen LogP contribution in [0.25, 0.3) is 0 Å². The summed E-state index contributed by atoms with van der Waals surface area (Å²) in [6.07, 6.45) is 0. The summed E-state index contributed by atoms with van der Waals surface area (Å²) < 4.78 is 5.51. The highest BCUT2D eigenvalue weighted by molar-refractivity contribution is 5.79. The van der Waals surface area contributed by atoms with Gasteiger partial charge in [-0.2, -0.15) is 0 Å². The molecule has 23 heavy (non-hydrogen) atoms. The number of aryl methyl sites for hydroxylation is 1. The average molecular weight is 318 g/mol. The number of ether oxygens (including phenoxy) is 1. The molecule has 1 aliphatic rings. The highest BCUT2D eigenvalue weighted by Gasteiger charge is 2.22. The van der Waals surface area contributed by atoms with Gasteiger partial charge in [-0.25, -0.2) is 0 Å². The molecule has 0 saturated carbocycles. The molecule has 0 spiro atoms. The molecule has 0 radical (unpaired) electrons. The second-order valence-corrected chi connectivity index (χ2v) is 6.50. The van der Waals surface area contributed by atoms with Crippen molar-refractivity contribution in [1.29, 1.82) is 0 Å². The predicted octanol–water partition coefficient (Wildman–Crippen LogP) is 1.85. The Balaban J connectivity index is 2.22. The molecule has 5 heteroatoms. The zero-order valence-electron chi connectivity index (χ0n) is 15.1. The molecule has 1 fully saturated rings. The summed E-state index contributed by atoms with van der Waals surface area (Å²) in [5.41, 5.74) is 2.62. The van der Waals surface area contributed by atoms with E-state index in [9.17, 15) is 0 Å². The average Bonchev–Trinajstić information content (AvgIpc) is 2.53. The summed E-state index contributed by atoms with van der Waals surface area (Å²) in [6, 6.07) is 9.14. The van der Waals surface area contributed by atoms with Gasteiger partial charge in [-0.15, -0.1) is 0 Å². The van der Waals surface area contributed by atoms with Crippen LogP contribution in [0.1, 0.15) is 17.2 Å². The van der Waals surface area contributed by atoms with E-state index in [2.05, 4.69) is 45.9 Å². The molecule has 1 aromatic carbocycles. The second-order valence-electron chi connectivity index (χ2n) is 6.50. The Kier molecular flexibility index (Phi) is 6.42. The zero-order chi connectivity index (χ0) is 16.8. The van der Waals surface area contributed by atoms with Crippen molar-refractivity contribution in [3.05, 3.63) is 35.4 Å². The first-order valence-electron chi connectivity index (χ1n) is 8.26. The summed E-state index contributed by atoms with van der Waals surface area (Å²) >= 11 is 0. The Morgan fingerprint density at radius 2 is 1.65 bits per heavy atom. The predicted molar refractivity (Wildman–Crippen MR) is 96.0 cm³/mol. The van der Waals surface area contributed by atoms with Crippen LogP contribution in [0.3, 0.4) is 0 Å². The van der Waals surface area contributed by atoms with Crippen molar-refractivity contribution in [3.8, 4) is 0 Å². The first kappa shape index (κ1) is 17.8. The van der Waals surface area contributed by atoms with Gasteiger partial charge in [0.2, 0.25) is 0 Å². The minimum Gasteiger partial charge on any atom is -0.379 e. The topological polar surface area (TPSA) is 31.3 Å². The number of morpholine rings is 1. The molecule has 1 unspecified atom stereocenters. The van der Waals surface area contributed by atoms with Gasteiger partial charge in [0.15, 0.2) is 5.96 Å². The third-order valence-corrected chi connectivity index (χ3v) is 4.15. The standard InChI is InChI=1S/C18H30N4O/c1-15-6-8-16(9-7-15)17(22-10-12-23-13-11-22)14-19-18(20(2)3)21(4)5/h6-9,17H,10-14H2,1-5H3. The number of aliphatic imine (C=N–C) groups is 1. The van der Waals surface area contributed by atoms with Crippen molar-refractivity contribution < 1.29 is 4.74 Å². The van der Waals surface area contributed by atoms with E-state index in [-0.39, 0.29) is 0 Å². The molecular formula is C18H30N4O. The van der Waals surface area contributed by atoms with Crippen molar-refractivity contribution in [1.82, 2.24) is 14.7 Å². The van der Waals surface area contributed by atoms with Crippen LogP contribution in [0.2, 0.25) is 0 Å². The van der Waals surface area contributed by atoms with E-state index in [4.69, 9.17) is 9.73 Å². The summed E-state index contributed by atoms with van der Waals surface area (Å²) in [6.45, 7) is 6.43. The zero-order valence-corrected chi connectivity index (χ0v) is 15.1. The summed E-state index contributed by atoms with van der Waals surface area (Å²) in [5, 5.41) is 0. The molecule has 1 aliphatic heterocycles. The van der Waals surface area contributed by atoms with Crippen molar-refractivity contribution in [2.75, 3.05) is 61.0 Å². The van der Waals surface area contributed by atoms with Gasteiger partial charge in [0, 0.05) is 41.3 Å². The second kappa shape index (κ2) is 8.31. The van der Waals surface area contributed by atoms with E-state index in [0.29, 0.717) is 6.04 Å². The van der Waals surface area contributed by atoms with Crippen LogP contribution in [0, 0.1) is 6.92 Å². The Hall–Kier alpha value is -1.59. The van der Waals surface area contributed by atoms with Gasteiger partial charge in [0.05, 0.1) is 25.8 Å². The minimum absolute atomic E-state index is 0.300. The lowest BCUT2D eigenvalue weighted by molar-refractivity contribution is 0.0179. The number of hydrogen-bond donors (Lipinski definition) is 0. The summed E-state index contributed by atoms with van der Waals surface area (Å²) in [7, 11) is 8.14. The fourth-order valence-corrected chi connectivity index (χ4v) is 2.96. The van der Waals surface area contributed by atoms with E-state index in [1.807, 2.05) is 28.2 Å². The third kappa shape index (κ3) is 4.94. The number of guanidine groups is 1. The minimum atomic E-state index is 0.300. The Morgan fingerprint density at radius 1 is 1.09 bits per heavy atom. The first-order chi connectivity index (χ1) is 11.0. The van der Waals surface area contributed by atoms with Gasteiger partial charge in [-0.3, -0.25) is 9.89 Å².